The largest absolute Gasteiger partial charge is 0.444 e. The Morgan fingerprint density at radius 2 is 1.58 bits per heavy atom. The molecule has 0 aliphatic heterocycles. The van der Waals surface area contributed by atoms with Gasteiger partial charge in [0, 0.05) is 38.3 Å². The van der Waals surface area contributed by atoms with Crippen LogP contribution in [0.2, 0.25) is 0 Å². The Bertz CT molecular complexity index is 707. The summed E-state index contributed by atoms with van der Waals surface area (Å²) in [6.45, 7) is 15.3. The molecule has 8 nitrogen and oxygen atoms in total. The molecule has 2 amide bonds. The molecule has 0 heterocycles. The third kappa shape index (κ3) is 10.7. The SMILES string of the molecule is CCNC(=NCc1ccc(C(=O)N(CC)CC)cc1)NCCCNC(=O)OC(C)(C)C. The average Bonchev–Trinajstić information content (AvgIpc) is 2.71. The summed E-state index contributed by atoms with van der Waals surface area (Å²) >= 11 is 0. The van der Waals surface area contributed by atoms with E-state index in [1.165, 1.54) is 0 Å². The molecule has 1 aromatic rings. The molecule has 0 radical (unpaired) electrons. The van der Waals surface area contributed by atoms with Crippen molar-refractivity contribution in [3.63, 3.8) is 0 Å². The second kappa shape index (κ2) is 13.5. The maximum atomic E-state index is 12.4. The number of ether oxygens (including phenoxy) is 1. The molecule has 0 atom stereocenters. The smallest absolute Gasteiger partial charge is 0.407 e. The van der Waals surface area contributed by atoms with E-state index >= 15 is 0 Å². The molecule has 0 saturated carbocycles. The van der Waals surface area contributed by atoms with Crippen molar-refractivity contribution < 1.29 is 14.3 Å². The maximum absolute atomic E-state index is 12.4. The first-order valence-electron chi connectivity index (χ1n) is 11.1. The summed E-state index contributed by atoms with van der Waals surface area (Å²) < 4.78 is 5.21. The molecule has 0 aliphatic carbocycles. The molecule has 0 unspecified atom stereocenters. The van der Waals surface area contributed by atoms with Gasteiger partial charge in [-0.05, 0) is 65.7 Å². The van der Waals surface area contributed by atoms with Gasteiger partial charge in [-0.3, -0.25) is 4.79 Å². The van der Waals surface area contributed by atoms with Gasteiger partial charge in [-0.1, -0.05) is 12.1 Å². The molecule has 31 heavy (non-hydrogen) atoms. The second-order valence-corrected chi connectivity index (χ2v) is 8.08. The highest BCUT2D eigenvalue weighted by molar-refractivity contribution is 5.94. The lowest BCUT2D eigenvalue weighted by atomic mass is 10.1. The first-order chi connectivity index (χ1) is 14.7. The molecule has 174 valence electrons. The Labute approximate surface area is 186 Å². The lowest BCUT2D eigenvalue weighted by molar-refractivity contribution is 0.0527. The second-order valence-electron chi connectivity index (χ2n) is 8.08. The average molecular weight is 434 g/mol. The van der Waals surface area contributed by atoms with Crippen LogP contribution < -0.4 is 16.0 Å². The van der Waals surface area contributed by atoms with Crippen LogP contribution in [-0.4, -0.2) is 61.2 Å². The Morgan fingerprint density at radius 1 is 0.968 bits per heavy atom. The van der Waals surface area contributed by atoms with Crippen LogP contribution in [0, 0.1) is 0 Å². The van der Waals surface area contributed by atoms with Gasteiger partial charge in [0.1, 0.15) is 5.60 Å². The molecule has 0 bridgehead atoms. The monoisotopic (exact) mass is 433 g/mol. The molecule has 0 spiro atoms. The Morgan fingerprint density at radius 3 is 2.13 bits per heavy atom. The van der Waals surface area contributed by atoms with Crippen molar-refractivity contribution in [2.75, 3.05) is 32.7 Å². The highest BCUT2D eigenvalue weighted by Crippen LogP contribution is 2.09. The number of amides is 2. The molecule has 0 aromatic heterocycles. The zero-order valence-electron chi connectivity index (χ0n) is 19.9. The molecule has 0 fully saturated rings. The summed E-state index contributed by atoms with van der Waals surface area (Å²) in [5.41, 5.74) is 1.23. The number of rotatable bonds is 10. The standard InChI is InChI=1S/C23H39N5O3/c1-7-24-21(25-15-10-16-26-22(30)31-23(4,5)6)27-17-18-11-13-19(14-12-18)20(29)28(8-2)9-3/h11-14H,7-10,15-17H2,1-6H3,(H,26,30)(H2,24,25,27). The van der Waals surface area contributed by atoms with Gasteiger partial charge >= 0.3 is 6.09 Å². The number of hydrogen-bond donors (Lipinski definition) is 3. The van der Waals surface area contributed by atoms with Gasteiger partial charge in [0.2, 0.25) is 0 Å². The van der Waals surface area contributed by atoms with Crippen LogP contribution in [0.5, 0.6) is 0 Å². The van der Waals surface area contributed by atoms with Crippen LogP contribution in [0.3, 0.4) is 0 Å². The third-order valence-electron chi connectivity index (χ3n) is 4.33. The van der Waals surface area contributed by atoms with E-state index in [0.717, 1.165) is 18.5 Å². The predicted molar refractivity (Wildman–Crippen MR) is 125 cm³/mol. The van der Waals surface area contributed by atoms with E-state index in [1.54, 1.807) is 4.90 Å². The van der Waals surface area contributed by atoms with Gasteiger partial charge in [-0.25, -0.2) is 9.79 Å². The fraction of sp³-hybridized carbons (Fsp3) is 0.609. The summed E-state index contributed by atoms with van der Waals surface area (Å²) in [5.74, 6) is 0.762. The van der Waals surface area contributed by atoms with Gasteiger partial charge < -0.3 is 25.6 Å². The lowest BCUT2D eigenvalue weighted by Crippen LogP contribution is -2.39. The number of guanidine groups is 1. The highest BCUT2D eigenvalue weighted by Gasteiger charge is 2.15. The number of alkyl carbamates (subject to hydrolysis) is 1. The first-order valence-corrected chi connectivity index (χ1v) is 11.1. The fourth-order valence-electron chi connectivity index (χ4n) is 2.76. The van der Waals surface area contributed by atoms with E-state index in [1.807, 2.05) is 65.8 Å². The van der Waals surface area contributed by atoms with Gasteiger partial charge in [-0.2, -0.15) is 0 Å². The number of hydrogen-bond acceptors (Lipinski definition) is 4. The Hall–Kier alpha value is -2.77. The summed E-state index contributed by atoms with van der Waals surface area (Å²) in [4.78, 5) is 30.4. The summed E-state index contributed by atoms with van der Waals surface area (Å²) in [6, 6.07) is 7.59. The van der Waals surface area contributed by atoms with Crippen molar-refractivity contribution in [2.24, 2.45) is 4.99 Å². The lowest BCUT2D eigenvalue weighted by Gasteiger charge is -2.19. The molecule has 1 aromatic carbocycles. The molecule has 3 N–H and O–H groups in total. The molecular formula is C23H39N5O3. The van der Waals surface area contributed by atoms with Gasteiger partial charge in [0.25, 0.3) is 5.91 Å². The molecular weight excluding hydrogens is 394 g/mol. The van der Waals surface area contributed by atoms with Crippen molar-refractivity contribution in [3.05, 3.63) is 35.4 Å². The van der Waals surface area contributed by atoms with E-state index in [4.69, 9.17) is 4.74 Å². The van der Waals surface area contributed by atoms with Crippen molar-refractivity contribution in [3.8, 4) is 0 Å². The van der Waals surface area contributed by atoms with Crippen LogP contribution in [-0.2, 0) is 11.3 Å². The van der Waals surface area contributed by atoms with Crippen LogP contribution in [0.25, 0.3) is 0 Å². The minimum Gasteiger partial charge on any atom is -0.444 e. The van der Waals surface area contributed by atoms with Crippen LogP contribution in [0.4, 0.5) is 4.79 Å². The van der Waals surface area contributed by atoms with Crippen LogP contribution >= 0.6 is 0 Å². The summed E-state index contributed by atoms with van der Waals surface area (Å²) in [6.07, 6.45) is 0.335. The third-order valence-corrected chi connectivity index (χ3v) is 4.33. The highest BCUT2D eigenvalue weighted by atomic mass is 16.6. The van der Waals surface area contributed by atoms with Crippen molar-refractivity contribution in [1.29, 1.82) is 0 Å². The van der Waals surface area contributed by atoms with E-state index in [9.17, 15) is 9.59 Å². The maximum Gasteiger partial charge on any atom is 0.407 e. The number of nitrogens with zero attached hydrogens (tertiary/aromatic N) is 2. The van der Waals surface area contributed by atoms with Crippen LogP contribution in [0.1, 0.15) is 63.9 Å². The Kier molecular flexibility index (Phi) is 11.5. The quantitative estimate of drug-likeness (QED) is 0.299. The van der Waals surface area contributed by atoms with Crippen molar-refractivity contribution >= 4 is 18.0 Å². The number of carbonyl (C=O) groups excluding carboxylic acids is 2. The molecule has 0 aliphatic rings. The topological polar surface area (TPSA) is 95.1 Å². The molecule has 8 heteroatoms. The van der Waals surface area contributed by atoms with Gasteiger partial charge in [0.05, 0.1) is 6.54 Å². The summed E-state index contributed by atoms with van der Waals surface area (Å²) in [5, 5.41) is 9.21. The normalized spacial score (nSPS) is 11.6. The van der Waals surface area contributed by atoms with E-state index in [-0.39, 0.29) is 5.91 Å². The van der Waals surface area contributed by atoms with Gasteiger partial charge in [-0.15, -0.1) is 0 Å². The van der Waals surface area contributed by atoms with E-state index in [2.05, 4.69) is 20.9 Å². The first kappa shape index (κ1) is 26.3. The van der Waals surface area contributed by atoms with Crippen molar-refractivity contribution in [2.45, 2.75) is 60.1 Å². The molecule has 0 saturated heterocycles. The summed E-state index contributed by atoms with van der Waals surface area (Å²) in [7, 11) is 0. The van der Waals surface area contributed by atoms with E-state index < -0.39 is 11.7 Å². The number of carbonyl (C=O) groups is 2. The number of nitrogens with one attached hydrogen (secondary N) is 3. The van der Waals surface area contributed by atoms with Crippen LogP contribution in [0.15, 0.2) is 29.3 Å². The number of aliphatic imine (C=N–C) groups is 1. The van der Waals surface area contributed by atoms with E-state index in [0.29, 0.717) is 44.2 Å². The Balaban J connectivity index is 2.49. The minimum atomic E-state index is -0.496. The zero-order chi connectivity index (χ0) is 23.3. The minimum absolute atomic E-state index is 0.0510. The molecule has 1 rings (SSSR count). The predicted octanol–water partition coefficient (Wildman–Crippen LogP) is 3.14. The fourth-order valence-corrected chi connectivity index (χ4v) is 2.76. The zero-order valence-corrected chi connectivity index (χ0v) is 19.9. The van der Waals surface area contributed by atoms with Crippen molar-refractivity contribution in [1.82, 2.24) is 20.9 Å². The van der Waals surface area contributed by atoms with Gasteiger partial charge in [0.15, 0.2) is 5.96 Å². The number of benzene rings is 1.